The average Bonchev–Trinajstić information content (AvgIpc) is 2.46. The highest BCUT2D eigenvalue weighted by Crippen LogP contribution is 2.16. The molecular weight excluding hydrogens is 288 g/mol. The first-order valence-corrected chi connectivity index (χ1v) is 7.70. The van der Waals surface area contributed by atoms with Crippen molar-refractivity contribution in [2.24, 2.45) is 0 Å². The van der Waals surface area contributed by atoms with Crippen molar-refractivity contribution in [3.8, 4) is 0 Å². The Bertz CT molecular complexity index is 426. The van der Waals surface area contributed by atoms with Crippen molar-refractivity contribution in [3.05, 3.63) is 0 Å². The summed E-state index contributed by atoms with van der Waals surface area (Å²) < 4.78 is 35.8. The lowest BCUT2D eigenvalue weighted by Crippen LogP contribution is -2.49. The van der Waals surface area contributed by atoms with Gasteiger partial charge in [-0.3, -0.25) is 9.59 Å². The summed E-state index contributed by atoms with van der Waals surface area (Å²) in [6.45, 7) is -0.239. The normalized spacial score (nSPS) is 16.9. The molecule has 0 N–H and O–H groups in total. The van der Waals surface area contributed by atoms with Crippen molar-refractivity contribution in [2.75, 3.05) is 40.4 Å². The average molecular weight is 308 g/mol. The highest BCUT2D eigenvalue weighted by Gasteiger charge is 2.33. The third kappa shape index (κ3) is 4.43. The fourth-order valence-corrected chi connectivity index (χ4v) is 3.48. The predicted molar refractivity (Wildman–Crippen MR) is 69.9 cm³/mol. The number of carbonyl (C=O) groups is 2. The fraction of sp³-hybridized carbons (Fsp3) is 0.818. The quantitative estimate of drug-likeness (QED) is 0.606. The second-order valence-electron chi connectivity index (χ2n) is 4.39. The van der Waals surface area contributed by atoms with Gasteiger partial charge in [-0.2, -0.15) is 17.0 Å². The molecule has 0 spiro atoms. The molecule has 0 unspecified atom stereocenters. The lowest BCUT2D eigenvalue weighted by Gasteiger charge is -2.30. The maximum atomic E-state index is 12.4. The largest absolute Gasteiger partial charge is 0.468 e. The third-order valence-corrected chi connectivity index (χ3v) is 4.96. The summed E-state index contributed by atoms with van der Waals surface area (Å²) in [5.41, 5.74) is 0. The van der Waals surface area contributed by atoms with Crippen LogP contribution in [0.2, 0.25) is 0 Å². The van der Waals surface area contributed by atoms with Gasteiger partial charge in [0.2, 0.25) is 0 Å². The van der Waals surface area contributed by atoms with E-state index in [4.69, 9.17) is 0 Å². The van der Waals surface area contributed by atoms with Gasteiger partial charge in [-0.1, -0.05) is 6.42 Å². The summed E-state index contributed by atoms with van der Waals surface area (Å²) in [6.07, 6.45) is 2.51. The van der Waals surface area contributed by atoms with Crippen LogP contribution in [0.25, 0.3) is 0 Å². The number of nitrogens with zero attached hydrogens (tertiary/aromatic N) is 2. The summed E-state index contributed by atoms with van der Waals surface area (Å²) in [5.74, 6) is -1.45. The standard InChI is InChI=1S/C11H20N2O6S/c1-18-10(14)8-13(9-11(15)19-2)20(16,17)12-6-4-3-5-7-12/h3-9H2,1-2H3. The first-order chi connectivity index (χ1) is 9.41. The molecule has 0 aliphatic carbocycles. The van der Waals surface area contributed by atoms with Crippen LogP contribution in [0.5, 0.6) is 0 Å². The topological polar surface area (TPSA) is 93.2 Å². The van der Waals surface area contributed by atoms with Crippen molar-refractivity contribution in [3.63, 3.8) is 0 Å². The summed E-state index contributed by atoms with van der Waals surface area (Å²) in [6, 6.07) is 0. The number of esters is 2. The maximum Gasteiger partial charge on any atom is 0.321 e. The molecule has 0 aromatic rings. The van der Waals surface area contributed by atoms with Crippen LogP contribution in [-0.4, -0.2) is 69.4 Å². The maximum absolute atomic E-state index is 12.4. The second kappa shape index (κ2) is 7.55. The highest BCUT2D eigenvalue weighted by molar-refractivity contribution is 7.86. The van der Waals surface area contributed by atoms with Crippen molar-refractivity contribution in [1.82, 2.24) is 8.61 Å². The van der Waals surface area contributed by atoms with Crippen molar-refractivity contribution in [2.45, 2.75) is 19.3 Å². The van der Waals surface area contributed by atoms with Crippen LogP contribution in [0, 0.1) is 0 Å². The van der Waals surface area contributed by atoms with Gasteiger partial charge in [-0.15, -0.1) is 0 Å². The molecule has 0 aromatic carbocycles. The van der Waals surface area contributed by atoms with Crippen molar-refractivity contribution in [1.29, 1.82) is 0 Å². The van der Waals surface area contributed by atoms with Gasteiger partial charge >= 0.3 is 11.9 Å². The Labute approximate surface area is 118 Å². The molecule has 0 amide bonds. The van der Waals surface area contributed by atoms with Gasteiger partial charge in [0, 0.05) is 13.1 Å². The minimum atomic E-state index is -3.87. The SMILES string of the molecule is COC(=O)CN(CC(=O)OC)S(=O)(=O)N1CCCCC1. The van der Waals surface area contributed by atoms with E-state index in [9.17, 15) is 18.0 Å². The molecule has 0 radical (unpaired) electrons. The van der Waals surface area contributed by atoms with E-state index in [1.807, 2.05) is 0 Å². The second-order valence-corrected chi connectivity index (χ2v) is 6.32. The van der Waals surface area contributed by atoms with Crippen LogP contribution in [0.3, 0.4) is 0 Å². The van der Waals surface area contributed by atoms with Crippen LogP contribution < -0.4 is 0 Å². The molecule has 1 saturated heterocycles. The van der Waals surface area contributed by atoms with E-state index in [-0.39, 0.29) is 0 Å². The zero-order valence-electron chi connectivity index (χ0n) is 11.7. The molecule has 0 atom stereocenters. The van der Waals surface area contributed by atoms with Crippen molar-refractivity contribution < 1.29 is 27.5 Å². The number of hydrogen-bond acceptors (Lipinski definition) is 6. The van der Waals surface area contributed by atoms with Gasteiger partial charge in [-0.05, 0) is 12.8 Å². The van der Waals surface area contributed by atoms with Crippen molar-refractivity contribution >= 4 is 22.1 Å². The Morgan fingerprint density at radius 1 is 1.00 bits per heavy atom. The Kier molecular flexibility index (Phi) is 6.37. The summed E-state index contributed by atoms with van der Waals surface area (Å²) in [4.78, 5) is 22.6. The lowest BCUT2D eigenvalue weighted by molar-refractivity contribution is -0.143. The smallest absolute Gasteiger partial charge is 0.321 e. The molecular formula is C11H20N2O6S. The van der Waals surface area contributed by atoms with E-state index in [2.05, 4.69) is 9.47 Å². The minimum absolute atomic E-state index is 0.390. The van der Waals surface area contributed by atoms with Crippen LogP contribution in [0.4, 0.5) is 0 Å². The Morgan fingerprint density at radius 3 is 1.85 bits per heavy atom. The van der Waals surface area contributed by atoms with E-state index in [0.717, 1.165) is 37.8 Å². The number of piperidine rings is 1. The summed E-state index contributed by atoms with van der Waals surface area (Å²) >= 11 is 0. The predicted octanol–water partition coefficient (Wildman–Crippen LogP) is -0.635. The minimum Gasteiger partial charge on any atom is -0.468 e. The monoisotopic (exact) mass is 308 g/mol. The molecule has 0 saturated carbocycles. The van der Waals surface area contributed by atoms with Crippen LogP contribution >= 0.6 is 0 Å². The Morgan fingerprint density at radius 2 is 1.45 bits per heavy atom. The van der Waals surface area contributed by atoms with Crippen LogP contribution in [0.1, 0.15) is 19.3 Å². The van der Waals surface area contributed by atoms with Gasteiger partial charge in [-0.25, -0.2) is 0 Å². The molecule has 1 heterocycles. The molecule has 0 bridgehead atoms. The van der Waals surface area contributed by atoms with E-state index in [0.29, 0.717) is 13.1 Å². The number of carbonyl (C=O) groups excluding carboxylic acids is 2. The number of methoxy groups -OCH3 is 2. The van der Waals surface area contributed by atoms with Gasteiger partial charge in [0.25, 0.3) is 10.2 Å². The number of ether oxygens (including phenoxy) is 2. The number of hydrogen-bond donors (Lipinski definition) is 0. The Hall–Kier alpha value is -1.19. The highest BCUT2D eigenvalue weighted by atomic mass is 32.2. The van der Waals surface area contributed by atoms with E-state index < -0.39 is 35.2 Å². The van der Waals surface area contributed by atoms with Crippen LogP contribution in [-0.2, 0) is 29.3 Å². The summed E-state index contributed by atoms with van der Waals surface area (Å²) in [5, 5.41) is 0. The Balaban J connectivity index is 2.88. The molecule has 9 heteroatoms. The molecule has 8 nitrogen and oxygen atoms in total. The first-order valence-electron chi connectivity index (χ1n) is 6.30. The molecule has 1 fully saturated rings. The zero-order valence-corrected chi connectivity index (χ0v) is 12.5. The molecule has 1 aliphatic rings. The van der Waals surface area contributed by atoms with E-state index in [1.54, 1.807) is 0 Å². The van der Waals surface area contributed by atoms with Gasteiger partial charge in [0.1, 0.15) is 13.1 Å². The first kappa shape index (κ1) is 16.9. The zero-order chi connectivity index (χ0) is 15.2. The fourth-order valence-electron chi connectivity index (χ4n) is 1.90. The molecule has 1 aliphatic heterocycles. The van der Waals surface area contributed by atoms with Gasteiger partial charge < -0.3 is 9.47 Å². The van der Waals surface area contributed by atoms with Gasteiger partial charge in [0.15, 0.2) is 0 Å². The molecule has 1 rings (SSSR count). The molecule has 116 valence electrons. The van der Waals surface area contributed by atoms with E-state index in [1.165, 1.54) is 4.31 Å². The van der Waals surface area contributed by atoms with Gasteiger partial charge in [0.05, 0.1) is 14.2 Å². The van der Waals surface area contributed by atoms with Crippen LogP contribution in [0.15, 0.2) is 0 Å². The third-order valence-electron chi connectivity index (χ3n) is 3.03. The lowest BCUT2D eigenvalue weighted by atomic mass is 10.2. The molecule has 20 heavy (non-hydrogen) atoms. The van der Waals surface area contributed by atoms with E-state index >= 15 is 0 Å². The summed E-state index contributed by atoms with van der Waals surface area (Å²) in [7, 11) is -1.55. The number of rotatable bonds is 6. The molecule has 0 aromatic heterocycles.